The number of ether oxygens (including phenoxy) is 1. The van der Waals surface area contributed by atoms with Gasteiger partial charge in [0.2, 0.25) is 5.43 Å². The molecule has 3 aromatic carbocycles. The maximum absolute atomic E-state index is 13.2. The van der Waals surface area contributed by atoms with E-state index in [4.69, 9.17) is 4.74 Å². The molecule has 4 aromatic rings. The van der Waals surface area contributed by atoms with E-state index in [0.29, 0.717) is 17.4 Å². The van der Waals surface area contributed by atoms with Crippen LogP contribution in [0.4, 0.5) is 10.1 Å². The molecule has 6 nitrogen and oxygen atoms in total. The second-order valence-corrected chi connectivity index (χ2v) is 7.14. The van der Waals surface area contributed by atoms with E-state index in [1.54, 1.807) is 22.8 Å². The van der Waals surface area contributed by atoms with Gasteiger partial charge in [0.05, 0.1) is 5.52 Å². The van der Waals surface area contributed by atoms with Crippen LogP contribution in [0.1, 0.15) is 15.9 Å². The first kappa shape index (κ1) is 21.0. The van der Waals surface area contributed by atoms with Crippen LogP contribution in [0.3, 0.4) is 0 Å². The highest BCUT2D eigenvalue weighted by Crippen LogP contribution is 2.15. The van der Waals surface area contributed by atoms with Crippen molar-refractivity contribution in [3.05, 3.63) is 112 Å². The lowest BCUT2D eigenvalue weighted by atomic mass is 10.1. The molecule has 0 aliphatic carbocycles. The topological polar surface area (TPSA) is 77.4 Å². The van der Waals surface area contributed by atoms with Crippen LogP contribution in [-0.4, -0.2) is 23.1 Å². The first-order valence-electron chi connectivity index (χ1n) is 9.90. The summed E-state index contributed by atoms with van der Waals surface area (Å²) in [6.07, 6.45) is 1.45. The van der Waals surface area contributed by atoms with Gasteiger partial charge in [-0.3, -0.25) is 9.59 Å². The van der Waals surface area contributed by atoms with Crippen molar-refractivity contribution < 1.29 is 18.7 Å². The van der Waals surface area contributed by atoms with Gasteiger partial charge in [-0.05, 0) is 35.9 Å². The second kappa shape index (κ2) is 9.26. The first-order chi connectivity index (χ1) is 15.5. The minimum Gasteiger partial charge on any atom is -0.452 e. The summed E-state index contributed by atoms with van der Waals surface area (Å²) in [7, 11) is 0. The minimum absolute atomic E-state index is 0.168. The van der Waals surface area contributed by atoms with E-state index in [1.807, 2.05) is 36.4 Å². The number of esters is 1. The highest BCUT2D eigenvalue weighted by molar-refractivity contribution is 5.97. The molecule has 0 radical (unpaired) electrons. The zero-order valence-electron chi connectivity index (χ0n) is 17.0. The number of hydrogen-bond acceptors (Lipinski definition) is 4. The number of nitrogens with one attached hydrogen (secondary N) is 1. The average molecular weight is 430 g/mol. The number of nitrogens with zero attached hydrogens (tertiary/aromatic N) is 1. The molecule has 1 aromatic heterocycles. The Morgan fingerprint density at radius 3 is 2.47 bits per heavy atom. The molecule has 4 rings (SSSR count). The molecular formula is C25H19FN2O4. The number of pyridine rings is 1. The fourth-order valence-corrected chi connectivity index (χ4v) is 3.37. The Balaban J connectivity index is 1.56. The lowest BCUT2D eigenvalue weighted by molar-refractivity contribution is -0.119. The van der Waals surface area contributed by atoms with Gasteiger partial charge in [-0.2, -0.15) is 0 Å². The first-order valence-corrected chi connectivity index (χ1v) is 9.90. The summed E-state index contributed by atoms with van der Waals surface area (Å²) in [5.74, 6) is -2.05. The van der Waals surface area contributed by atoms with E-state index in [9.17, 15) is 18.8 Å². The molecule has 0 aliphatic rings. The summed E-state index contributed by atoms with van der Waals surface area (Å²) in [5.41, 5.74) is 1.28. The van der Waals surface area contributed by atoms with Crippen LogP contribution in [0.15, 0.2) is 89.9 Å². The Morgan fingerprint density at radius 1 is 0.938 bits per heavy atom. The number of rotatable bonds is 6. The number of anilines is 1. The summed E-state index contributed by atoms with van der Waals surface area (Å²) in [6.45, 7) is -0.164. The summed E-state index contributed by atoms with van der Waals surface area (Å²) in [4.78, 5) is 37.6. The molecular weight excluding hydrogens is 411 g/mol. The lowest BCUT2D eigenvalue weighted by Gasteiger charge is -2.13. The van der Waals surface area contributed by atoms with Gasteiger partial charge in [0, 0.05) is 23.8 Å². The Hall–Kier alpha value is -4.26. The van der Waals surface area contributed by atoms with E-state index in [2.05, 4.69) is 5.32 Å². The molecule has 0 fully saturated rings. The monoisotopic (exact) mass is 430 g/mol. The van der Waals surface area contributed by atoms with Gasteiger partial charge >= 0.3 is 5.97 Å². The number of fused-ring (bicyclic) bond motifs is 1. The summed E-state index contributed by atoms with van der Waals surface area (Å²) in [5, 5.41) is 2.82. The van der Waals surface area contributed by atoms with Crippen molar-refractivity contribution in [3.8, 4) is 0 Å². The van der Waals surface area contributed by atoms with Gasteiger partial charge in [0.15, 0.2) is 6.61 Å². The molecule has 1 heterocycles. The SMILES string of the molecule is O=C(COC(=O)c1cn(Cc2ccccc2)c2ccccc2c1=O)Nc1cccc(F)c1. The van der Waals surface area contributed by atoms with Crippen molar-refractivity contribution in [1.29, 1.82) is 0 Å². The fraction of sp³-hybridized carbons (Fsp3) is 0.0800. The molecule has 0 atom stereocenters. The molecule has 160 valence electrons. The largest absolute Gasteiger partial charge is 0.452 e. The summed E-state index contributed by atoms with van der Waals surface area (Å²) in [6, 6.07) is 22.0. The highest BCUT2D eigenvalue weighted by atomic mass is 19.1. The van der Waals surface area contributed by atoms with Gasteiger partial charge < -0.3 is 14.6 Å². The third-order valence-corrected chi connectivity index (χ3v) is 4.85. The smallest absolute Gasteiger partial charge is 0.344 e. The molecule has 0 unspecified atom stereocenters. The molecule has 1 amide bonds. The van der Waals surface area contributed by atoms with Crippen molar-refractivity contribution in [2.45, 2.75) is 6.54 Å². The van der Waals surface area contributed by atoms with Crippen LogP contribution in [0.25, 0.3) is 10.9 Å². The Kier molecular flexibility index (Phi) is 6.07. The van der Waals surface area contributed by atoms with Crippen LogP contribution in [0.5, 0.6) is 0 Å². The maximum Gasteiger partial charge on any atom is 0.344 e. The van der Waals surface area contributed by atoms with Gasteiger partial charge in [0.1, 0.15) is 11.4 Å². The molecule has 0 spiro atoms. The summed E-state index contributed by atoms with van der Waals surface area (Å²) >= 11 is 0. The van der Waals surface area contributed by atoms with Crippen LogP contribution in [0.2, 0.25) is 0 Å². The molecule has 0 aliphatic heterocycles. The summed E-state index contributed by atoms with van der Waals surface area (Å²) < 4.78 is 20.1. The Labute approximate surface area is 182 Å². The van der Waals surface area contributed by atoms with Gasteiger partial charge in [-0.25, -0.2) is 9.18 Å². The molecule has 0 saturated heterocycles. The van der Waals surface area contributed by atoms with E-state index in [1.165, 1.54) is 24.4 Å². The third-order valence-electron chi connectivity index (χ3n) is 4.85. The number of halogens is 1. The van der Waals surface area contributed by atoms with Crippen LogP contribution in [0, 0.1) is 5.82 Å². The quantitative estimate of drug-likeness (QED) is 0.470. The standard InChI is InChI=1S/C25H19FN2O4/c26-18-9-6-10-19(13-18)27-23(29)16-32-25(31)21-15-28(14-17-7-2-1-3-8-17)22-12-5-4-11-20(22)24(21)30/h1-13,15H,14,16H2,(H,27,29). The molecule has 0 bridgehead atoms. The molecule has 7 heteroatoms. The molecule has 0 saturated carbocycles. The van der Waals surface area contributed by atoms with Crippen LogP contribution < -0.4 is 10.7 Å². The molecule has 1 N–H and O–H groups in total. The number of carbonyl (C=O) groups is 2. The van der Waals surface area contributed by atoms with Crippen LogP contribution in [-0.2, 0) is 16.1 Å². The number of hydrogen-bond donors (Lipinski definition) is 1. The zero-order chi connectivity index (χ0) is 22.5. The number of benzene rings is 3. The van der Waals surface area contributed by atoms with Gasteiger partial charge in [0.25, 0.3) is 5.91 Å². The van der Waals surface area contributed by atoms with Crippen molar-refractivity contribution >= 4 is 28.5 Å². The van der Waals surface area contributed by atoms with Crippen LogP contribution >= 0.6 is 0 Å². The second-order valence-electron chi connectivity index (χ2n) is 7.14. The van der Waals surface area contributed by atoms with Gasteiger partial charge in [-0.15, -0.1) is 0 Å². The van der Waals surface area contributed by atoms with Crippen molar-refractivity contribution in [2.75, 3.05) is 11.9 Å². The predicted molar refractivity (Wildman–Crippen MR) is 119 cm³/mol. The van der Waals surface area contributed by atoms with E-state index in [-0.39, 0.29) is 11.3 Å². The number of aromatic nitrogens is 1. The van der Waals surface area contributed by atoms with E-state index < -0.39 is 29.7 Å². The Bertz CT molecular complexity index is 1350. The Morgan fingerprint density at radius 2 is 1.69 bits per heavy atom. The lowest BCUT2D eigenvalue weighted by Crippen LogP contribution is -2.25. The number of amides is 1. The van der Waals surface area contributed by atoms with E-state index >= 15 is 0 Å². The average Bonchev–Trinajstić information content (AvgIpc) is 2.80. The zero-order valence-corrected chi connectivity index (χ0v) is 17.0. The maximum atomic E-state index is 13.2. The number of carbonyl (C=O) groups excluding carboxylic acids is 2. The van der Waals surface area contributed by atoms with Crippen molar-refractivity contribution in [3.63, 3.8) is 0 Å². The third kappa shape index (κ3) is 4.73. The number of para-hydroxylation sites is 1. The normalized spacial score (nSPS) is 10.7. The molecule has 32 heavy (non-hydrogen) atoms. The highest BCUT2D eigenvalue weighted by Gasteiger charge is 2.18. The predicted octanol–water partition coefficient (Wildman–Crippen LogP) is 3.98. The van der Waals surface area contributed by atoms with Gasteiger partial charge in [-0.1, -0.05) is 48.5 Å². The van der Waals surface area contributed by atoms with Crippen molar-refractivity contribution in [2.24, 2.45) is 0 Å². The minimum atomic E-state index is -0.906. The van der Waals surface area contributed by atoms with E-state index in [0.717, 1.165) is 11.6 Å². The van der Waals surface area contributed by atoms with Crippen molar-refractivity contribution in [1.82, 2.24) is 4.57 Å². The fourth-order valence-electron chi connectivity index (χ4n) is 3.37.